The number of aromatic amines is 1. The Balaban J connectivity index is 1.64. The average molecular weight is 324 g/mol. The number of ether oxygens (including phenoxy) is 2. The van der Waals surface area contributed by atoms with E-state index in [4.69, 9.17) is 9.47 Å². The Labute approximate surface area is 118 Å². The van der Waals surface area contributed by atoms with E-state index in [0.29, 0.717) is 13.2 Å². The van der Waals surface area contributed by atoms with Crippen LogP contribution in [-0.2, 0) is 9.47 Å². The summed E-state index contributed by atoms with van der Waals surface area (Å²) in [6.45, 7) is 2.08. The molecule has 2 saturated heterocycles. The highest BCUT2D eigenvalue weighted by Crippen LogP contribution is 2.35. The molecule has 1 spiro atoms. The number of imidazole rings is 1. The number of fused-ring (bicyclic) bond motifs is 1. The van der Waals surface area contributed by atoms with Gasteiger partial charge < -0.3 is 19.8 Å². The molecule has 2 fully saturated rings. The molecule has 2 aliphatic heterocycles. The topological polar surface area (TPSA) is 59.2 Å². The van der Waals surface area contributed by atoms with Gasteiger partial charge in [0.05, 0.1) is 36.8 Å². The van der Waals surface area contributed by atoms with Crippen LogP contribution in [0.3, 0.4) is 0 Å². The molecule has 2 aromatic rings. The Morgan fingerprint density at radius 3 is 3.00 bits per heavy atom. The first-order valence-electron chi connectivity index (χ1n) is 6.41. The molecule has 1 atom stereocenters. The summed E-state index contributed by atoms with van der Waals surface area (Å²) in [6, 6.07) is 6.20. The lowest BCUT2D eigenvalue weighted by molar-refractivity contribution is -0.141. The first-order chi connectivity index (χ1) is 9.24. The van der Waals surface area contributed by atoms with Crippen LogP contribution in [0, 0.1) is 0 Å². The largest absolute Gasteiger partial charge is 0.346 e. The van der Waals surface area contributed by atoms with Gasteiger partial charge in [0.15, 0.2) is 5.79 Å². The van der Waals surface area contributed by atoms with Gasteiger partial charge in [0.2, 0.25) is 0 Å². The van der Waals surface area contributed by atoms with Crippen molar-refractivity contribution in [3.8, 4) is 0 Å². The Morgan fingerprint density at radius 1 is 1.32 bits per heavy atom. The molecule has 0 amide bonds. The number of aromatic nitrogens is 2. The van der Waals surface area contributed by atoms with Gasteiger partial charge in [-0.2, -0.15) is 0 Å². The van der Waals surface area contributed by atoms with E-state index in [1.807, 2.05) is 18.2 Å². The van der Waals surface area contributed by atoms with Gasteiger partial charge in [-0.15, -0.1) is 0 Å². The summed E-state index contributed by atoms with van der Waals surface area (Å²) in [6.07, 6.45) is 0.800. The monoisotopic (exact) mass is 323 g/mol. The van der Waals surface area contributed by atoms with Crippen molar-refractivity contribution in [2.45, 2.75) is 18.2 Å². The number of benzene rings is 1. The first-order valence-corrected chi connectivity index (χ1v) is 7.20. The molecule has 19 heavy (non-hydrogen) atoms. The molecule has 1 aromatic carbocycles. The predicted octanol–water partition coefficient (Wildman–Crippen LogP) is 2.10. The average Bonchev–Trinajstić information content (AvgIpc) is 3.10. The SMILES string of the molecule is Brc1ccc2nc(C3CC4(CN3)OCCO4)[nH]c2c1. The minimum absolute atomic E-state index is 0.157. The molecule has 2 N–H and O–H groups in total. The lowest BCUT2D eigenvalue weighted by Gasteiger charge is -2.19. The molecule has 0 radical (unpaired) electrons. The highest BCUT2D eigenvalue weighted by atomic mass is 79.9. The zero-order valence-corrected chi connectivity index (χ0v) is 11.9. The van der Waals surface area contributed by atoms with Crippen LogP contribution in [0.15, 0.2) is 22.7 Å². The molecule has 2 aliphatic rings. The molecule has 5 nitrogen and oxygen atoms in total. The van der Waals surface area contributed by atoms with E-state index in [-0.39, 0.29) is 6.04 Å². The van der Waals surface area contributed by atoms with Crippen molar-refractivity contribution in [2.75, 3.05) is 19.8 Å². The molecule has 4 rings (SSSR count). The highest BCUT2D eigenvalue weighted by Gasteiger charge is 2.45. The molecular weight excluding hydrogens is 310 g/mol. The standard InChI is InChI=1S/C13H14BrN3O2/c14-8-1-2-9-10(5-8)17-12(16-9)11-6-13(7-15-11)18-3-4-19-13/h1-2,5,11,15H,3-4,6-7H2,(H,16,17). The van der Waals surface area contributed by atoms with Crippen LogP contribution in [0.2, 0.25) is 0 Å². The van der Waals surface area contributed by atoms with Crippen molar-refractivity contribution in [1.82, 2.24) is 15.3 Å². The third-order valence-corrected chi connectivity index (χ3v) is 4.23. The number of rotatable bonds is 1. The van der Waals surface area contributed by atoms with Gasteiger partial charge in [-0.05, 0) is 18.2 Å². The number of H-pyrrole nitrogens is 1. The quantitative estimate of drug-likeness (QED) is 0.843. The lowest BCUT2D eigenvalue weighted by Crippen LogP contribution is -2.32. The molecule has 0 saturated carbocycles. The molecule has 100 valence electrons. The summed E-state index contributed by atoms with van der Waals surface area (Å²) in [5.74, 6) is 0.508. The summed E-state index contributed by atoms with van der Waals surface area (Å²) < 4.78 is 12.5. The van der Waals surface area contributed by atoms with Crippen LogP contribution in [0.4, 0.5) is 0 Å². The van der Waals surface area contributed by atoms with Gasteiger partial charge >= 0.3 is 0 Å². The summed E-state index contributed by atoms with van der Waals surface area (Å²) in [4.78, 5) is 8.01. The van der Waals surface area contributed by atoms with E-state index in [9.17, 15) is 0 Å². The van der Waals surface area contributed by atoms with Crippen molar-refractivity contribution in [3.63, 3.8) is 0 Å². The first kappa shape index (κ1) is 11.8. The Hall–Kier alpha value is -0.950. The zero-order chi connectivity index (χ0) is 12.9. The fourth-order valence-corrected chi connectivity index (χ4v) is 3.17. The summed E-state index contributed by atoms with van der Waals surface area (Å²) >= 11 is 3.47. The third kappa shape index (κ3) is 1.99. The van der Waals surface area contributed by atoms with Gasteiger partial charge in [-0.1, -0.05) is 15.9 Å². The van der Waals surface area contributed by atoms with E-state index < -0.39 is 5.79 Å². The molecule has 3 heterocycles. The summed E-state index contributed by atoms with van der Waals surface area (Å²) in [5.41, 5.74) is 2.02. The minimum Gasteiger partial charge on any atom is -0.346 e. The van der Waals surface area contributed by atoms with E-state index in [1.54, 1.807) is 0 Å². The predicted molar refractivity (Wildman–Crippen MR) is 73.8 cm³/mol. The van der Waals surface area contributed by atoms with Gasteiger partial charge in [0.1, 0.15) is 5.82 Å². The second kappa shape index (κ2) is 4.28. The van der Waals surface area contributed by atoms with Gasteiger partial charge in [0, 0.05) is 10.9 Å². The van der Waals surface area contributed by atoms with Crippen molar-refractivity contribution < 1.29 is 9.47 Å². The van der Waals surface area contributed by atoms with E-state index in [0.717, 1.165) is 34.3 Å². The maximum absolute atomic E-state index is 5.71. The number of nitrogens with zero attached hydrogens (tertiary/aromatic N) is 1. The van der Waals surface area contributed by atoms with Crippen LogP contribution < -0.4 is 5.32 Å². The zero-order valence-electron chi connectivity index (χ0n) is 10.3. The third-order valence-electron chi connectivity index (χ3n) is 3.74. The summed E-state index contributed by atoms with van der Waals surface area (Å²) in [7, 11) is 0. The van der Waals surface area contributed by atoms with Gasteiger partial charge in [0.25, 0.3) is 0 Å². The number of hydrogen-bond donors (Lipinski definition) is 2. The molecule has 1 aromatic heterocycles. The Kier molecular flexibility index (Phi) is 2.66. The Morgan fingerprint density at radius 2 is 2.16 bits per heavy atom. The molecule has 0 bridgehead atoms. The Bertz CT molecular complexity index is 621. The van der Waals surface area contributed by atoms with Gasteiger partial charge in [-0.25, -0.2) is 4.98 Å². The second-order valence-corrected chi connectivity index (χ2v) is 5.94. The van der Waals surface area contributed by atoms with Gasteiger partial charge in [-0.3, -0.25) is 0 Å². The molecule has 6 heteroatoms. The van der Waals surface area contributed by atoms with Crippen LogP contribution in [-0.4, -0.2) is 35.5 Å². The molecule has 0 aliphatic carbocycles. The second-order valence-electron chi connectivity index (χ2n) is 5.03. The molecule has 1 unspecified atom stereocenters. The fraction of sp³-hybridized carbons (Fsp3) is 0.462. The number of nitrogens with one attached hydrogen (secondary N) is 2. The van der Waals surface area contributed by atoms with Crippen molar-refractivity contribution in [3.05, 3.63) is 28.5 Å². The normalized spacial score (nSPS) is 25.6. The smallest absolute Gasteiger partial charge is 0.182 e. The number of hydrogen-bond acceptors (Lipinski definition) is 4. The van der Waals surface area contributed by atoms with E-state index >= 15 is 0 Å². The van der Waals surface area contributed by atoms with Crippen molar-refractivity contribution >= 4 is 27.0 Å². The maximum Gasteiger partial charge on any atom is 0.182 e. The maximum atomic E-state index is 5.71. The molecular formula is C13H14BrN3O2. The van der Waals surface area contributed by atoms with Crippen LogP contribution in [0.25, 0.3) is 11.0 Å². The highest BCUT2D eigenvalue weighted by molar-refractivity contribution is 9.10. The van der Waals surface area contributed by atoms with Crippen LogP contribution in [0.1, 0.15) is 18.3 Å². The van der Waals surface area contributed by atoms with Crippen molar-refractivity contribution in [2.24, 2.45) is 0 Å². The van der Waals surface area contributed by atoms with Crippen LogP contribution in [0.5, 0.6) is 0 Å². The van der Waals surface area contributed by atoms with E-state index in [2.05, 4.69) is 31.2 Å². The lowest BCUT2D eigenvalue weighted by atomic mass is 10.1. The van der Waals surface area contributed by atoms with Crippen molar-refractivity contribution in [1.29, 1.82) is 0 Å². The number of halogens is 1. The van der Waals surface area contributed by atoms with E-state index in [1.165, 1.54) is 0 Å². The fourth-order valence-electron chi connectivity index (χ4n) is 2.81. The van der Waals surface area contributed by atoms with Crippen LogP contribution >= 0.6 is 15.9 Å². The summed E-state index contributed by atoms with van der Waals surface area (Å²) in [5, 5.41) is 3.43. The minimum atomic E-state index is -0.440.